The number of rotatable bonds is 13. The van der Waals surface area contributed by atoms with Crippen molar-refractivity contribution in [3.8, 4) is 0 Å². The summed E-state index contributed by atoms with van der Waals surface area (Å²) in [6.07, 6.45) is 4.06. The Hall–Kier alpha value is -1.80. The number of nitrogens with zero attached hydrogens (tertiary/aromatic N) is 3. The first-order chi connectivity index (χ1) is 12.5. The highest BCUT2D eigenvalue weighted by Gasteiger charge is 2.05. The molecule has 1 N–H and O–H groups in total. The van der Waals surface area contributed by atoms with Gasteiger partial charge < -0.3 is 14.8 Å². The van der Waals surface area contributed by atoms with Crippen LogP contribution in [-0.4, -0.2) is 53.1 Å². The number of amides is 1. The van der Waals surface area contributed by atoms with Crippen molar-refractivity contribution in [2.45, 2.75) is 60.5 Å². The number of hydrogen-bond acceptors (Lipinski definition) is 6. The van der Waals surface area contributed by atoms with Crippen molar-refractivity contribution >= 4 is 11.7 Å². The number of Topliss-reactive ketones (excluding diaryl/α,β-unsaturated/α-hetero) is 1. The molecule has 1 aromatic heterocycles. The molecule has 0 atom stereocenters. The molecule has 0 saturated heterocycles. The Morgan fingerprint density at radius 1 is 1.19 bits per heavy atom. The smallest absolute Gasteiger partial charge is 0.246 e. The maximum absolute atomic E-state index is 11.6. The summed E-state index contributed by atoms with van der Waals surface area (Å²) in [6, 6.07) is 0. The fourth-order valence-electron chi connectivity index (χ4n) is 1.93. The minimum Gasteiger partial charge on any atom is -0.371 e. The molecule has 0 bridgehead atoms. The molecule has 0 fully saturated rings. The molecule has 1 amide bonds. The quantitative estimate of drug-likeness (QED) is 0.534. The molecule has 0 aromatic carbocycles. The van der Waals surface area contributed by atoms with E-state index in [9.17, 15) is 9.59 Å². The molecule has 0 aliphatic heterocycles. The van der Waals surface area contributed by atoms with E-state index in [0.717, 1.165) is 25.1 Å². The van der Waals surface area contributed by atoms with E-state index in [-0.39, 0.29) is 38.1 Å². The molecular formula is C18H34N4O4. The number of aromatic nitrogens is 3. The molecule has 0 aliphatic rings. The van der Waals surface area contributed by atoms with Crippen LogP contribution in [0.15, 0.2) is 6.20 Å². The summed E-state index contributed by atoms with van der Waals surface area (Å²) in [5, 5.41) is 10.8. The van der Waals surface area contributed by atoms with Crippen molar-refractivity contribution in [3.63, 3.8) is 0 Å². The standard InChI is InChI=1S/C16H28N4O4.C2H6/c1-13(2)5-4-6-20-10-15(18-19-20)9-17-16(22)12-24-8-7-23-11-14(3)21;1-2/h10,13H,4-9,11-12H2,1-3H3,(H,17,22);1-2H3. The monoisotopic (exact) mass is 370 g/mol. The Kier molecular flexibility index (Phi) is 14.4. The van der Waals surface area contributed by atoms with Crippen LogP contribution < -0.4 is 5.32 Å². The number of nitrogens with one attached hydrogen (secondary N) is 1. The molecule has 1 rings (SSSR count). The minimum atomic E-state index is -0.226. The molecule has 0 saturated carbocycles. The Bertz CT molecular complexity index is 503. The fourth-order valence-corrected chi connectivity index (χ4v) is 1.93. The number of ether oxygens (including phenoxy) is 2. The molecule has 26 heavy (non-hydrogen) atoms. The summed E-state index contributed by atoms with van der Waals surface area (Å²) in [4.78, 5) is 22.3. The van der Waals surface area contributed by atoms with Gasteiger partial charge in [-0.05, 0) is 25.7 Å². The molecular weight excluding hydrogens is 336 g/mol. The van der Waals surface area contributed by atoms with E-state index in [1.165, 1.54) is 6.92 Å². The second-order valence-corrected chi connectivity index (χ2v) is 6.09. The first-order valence-corrected chi connectivity index (χ1v) is 9.28. The van der Waals surface area contributed by atoms with Crippen LogP contribution in [-0.2, 0) is 32.2 Å². The van der Waals surface area contributed by atoms with Crippen molar-refractivity contribution in [2.75, 3.05) is 26.4 Å². The van der Waals surface area contributed by atoms with Crippen LogP contribution in [0.25, 0.3) is 0 Å². The molecule has 1 aromatic rings. The van der Waals surface area contributed by atoms with Gasteiger partial charge in [-0.2, -0.15) is 0 Å². The van der Waals surface area contributed by atoms with E-state index in [2.05, 4.69) is 29.5 Å². The lowest BCUT2D eigenvalue weighted by molar-refractivity contribution is -0.127. The lowest BCUT2D eigenvalue weighted by atomic mass is 10.1. The van der Waals surface area contributed by atoms with Gasteiger partial charge in [-0.25, -0.2) is 0 Å². The van der Waals surface area contributed by atoms with E-state index < -0.39 is 0 Å². The van der Waals surface area contributed by atoms with Crippen LogP contribution in [0.1, 0.15) is 53.2 Å². The fraction of sp³-hybridized carbons (Fsp3) is 0.778. The predicted octanol–water partition coefficient (Wildman–Crippen LogP) is 1.98. The summed E-state index contributed by atoms with van der Waals surface area (Å²) in [6.45, 7) is 11.6. The van der Waals surface area contributed by atoms with Gasteiger partial charge in [0.25, 0.3) is 0 Å². The van der Waals surface area contributed by atoms with Gasteiger partial charge in [-0.1, -0.05) is 32.9 Å². The van der Waals surface area contributed by atoms with Crippen molar-refractivity contribution in [2.24, 2.45) is 5.92 Å². The minimum absolute atomic E-state index is 0.0370. The van der Waals surface area contributed by atoms with Crippen LogP contribution in [0.4, 0.5) is 0 Å². The van der Waals surface area contributed by atoms with Crippen molar-refractivity contribution in [1.82, 2.24) is 20.3 Å². The second kappa shape index (κ2) is 15.5. The van der Waals surface area contributed by atoms with Crippen molar-refractivity contribution < 1.29 is 19.1 Å². The van der Waals surface area contributed by atoms with Gasteiger partial charge in [0.05, 0.1) is 26.0 Å². The first kappa shape index (κ1) is 24.2. The lowest BCUT2D eigenvalue weighted by Gasteiger charge is -2.05. The third kappa shape index (κ3) is 13.5. The zero-order valence-electron chi connectivity index (χ0n) is 16.8. The number of carbonyl (C=O) groups is 2. The highest BCUT2D eigenvalue weighted by molar-refractivity contribution is 5.77. The van der Waals surface area contributed by atoms with Crippen molar-refractivity contribution in [3.05, 3.63) is 11.9 Å². The molecule has 0 spiro atoms. The van der Waals surface area contributed by atoms with Gasteiger partial charge in [0.15, 0.2) is 5.78 Å². The number of aryl methyl sites for hydroxylation is 1. The zero-order chi connectivity index (χ0) is 19.8. The van der Waals surface area contributed by atoms with E-state index in [1.807, 2.05) is 20.0 Å². The Morgan fingerprint density at radius 3 is 2.46 bits per heavy atom. The van der Waals surface area contributed by atoms with Crippen LogP contribution in [0, 0.1) is 5.92 Å². The Labute approximate surface area is 156 Å². The summed E-state index contributed by atoms with van der Waals surface area (Å²) in [5.74, 6) is 0.418. The molecule has 8 nitrogen and oxygen atoms in total. The zero-order valence-corrected chi connectivity index (χ0v) is 16.8. The lowest BCUT2D eigenvalue weighted by Crippen LogP contribution is -2.28. The van der Waals surface area contributed by atoms with Gasteiger partial charge in [-0.3, -0.25) is 14.3 Å². The van der Waals surface area contributed by atoms with E-state index in [0.29, 0.717) is 12.5 Å². The molecule has 0 unspecified atom stereocenters. The molecule has 0 radical (unpaired) electrons. The molecule has 8 heteroatoms. The van der Waals surface area contributed by atoms with Crippen LogP contribution in [0.2, 0.25) is 0 Å². The first-order valence-electron chi connectivity index (χ1n) is 9.28. The number of hydrogen-bond donors (Lipinski definition) is 1. The van der Waals surface area contributed by atoms with Gasteiger partial charge in [-0.15, -0.1) is 5.10 Å². The van der Waals surface area contributed by atoms with Crippen LogP contribution in [0.3, 0.4) is 0 Å². The van der Waals surface area contributed by atoms with E-state index >= 15 is 0 Å². The number of ketones is 1. The third-order valence-electron chi connectivity index (χ3n) is 3.13. The molecule has 150 valence electrons. The second-order valence-electron chi connectivity index (χ2n) is 6.09. The normalized spacial score (nSPS) is 10.4. The van der Waals surface area contributed by atoms with Crippen LogP contribution >= 0.6 is 0 Å². The molecule has 0 aliphatic carbocycles. The summed E-state index contributed by atoms with van der Waals surface area (Å²) in [7, 11) is 0. The van der Waals surface area contributed by atoms with E-state index in [1.54, 1.807) is 4.68 Å². The van der Waals surface area contributed by atoms with E-state index in [4.69, 9.17) is 9.47 Å². The van der Waals surface area contributed by atoms with Gasteiger partial charge >= 0.3 is 0 Å². The average molecular weight is 370 g/mol. The summed E-state index contributed by atoms with van der Waals surface area (Å²) in [5.41, 5.74) is 0.720. The highest BCUT2D eigenvalue weighted by atomic mass is 16.5. The largest absolute Gasteiger partial charge is 0.371 e. The SMILES string of the molecule is CC.CC(=O)COCCOCC(=O)NCc1cn(CCCC(C)C)nn1. The van der Waals surface area contributed by atoms with Gasteiger partial charge in [0, 0.05) is 6.54 Å². The molecule has 1 heterocycles. The number of carbonyl (C=O) groups excluding carboxylic acids is 2. The maximum atomic E-state index is 11.6. The Balaban J connectivity index is 0.00000301. The topological polar surface area (TPSA) is 95.3 Å². The van der Waals surface area contributed by atoms with Crippen LogP contribution in [0.5, 0.6) is 0 Å². The third-order valence-corrected chi connectivity index (χ3v) is 3.13. The van der Waals surface area contributed by atoms with Gasteiger partial charge in [0.1, 0.15) is 18.9 Å². The van der Waals surface area contributed by atoms with Crippen molar-refractivity contribution in [1.29, 1.82) is 0 Å². The summed E-state index contributed by atoms with van der Waals surface area (Å²) >= 11 is 0. The average Bonchev–Trinajstić information content (AvgIpc) is 3.05. The predicted molar refractivity (Wildman–Crippen MR) is 99.6 cm³/mol. The highest BCUT2D eigenvalue weighted by Crippen LogP contribution is 2.05. The Morgan fingerprint density at radius 2 is 1.85 bits per heavy atom. The maximum Gasteiger partial charge on any atom is 0.246 e. The van der Waals surface area contributed by atoms with Gasteiger partial charge in [0.2, 0.25) is 5.91 Å². The summed E-state index contributed by atoms with van der Waals surface area (Å²) < 4.78 is 12.0.